The number of hydrazine groups is 1. The molecule has 5 nitrogen and oxygen atoms in total. The smallest absolute Gasteiger partial charge is 0.206 e. The molecule has 0 fully saturated rings. The lowest BCUT2D eigenvalue weighted by Gasteiger charge is -2.09. The van der Waals surface area contributed by atoms with Gasteiger partial charge in [0.2, 0.25) is 5.96 Å². The summed E-state index contributed by atoms with van der Waals surface area (Å²) in [5.74, 6) is 5.37. The van der Waals surface area contributed by atoms with Crippen molar-refractivity contribution in [2.45, 2.75) is 13.0 Å². The fourth-order valence-electron chi connectivity index (χ4n) is 1.38. The normalized spacial score (nSPS) is 11.5. The van der Waals surface area contributed by atoms with Crippen LogP contribution in [-0.4, -0.2) is 26.2 Å². The second-order valence-electron chi connectivity index (χ2n) is 3.83. The van der Waals surface area contributed by atoms with Crippen LogP contribution in [0.2, 0.25) is 5.02 Å². The zero-order valence-electron chi connectivity index (χ0n) is 10.7. The minimum absolute atomic E-state index is 0.0861. The minimum atomic E-state index is -0.440. The number of aliphatic imine (C=N–C) groups is 1. The molecule has 1 aromatic carbocycles. The molecule has 0 aliphatic carbocycles. The van der Waals surface area contributed by atoms with Crippen LogP contribution in [-0.2, 0) is 11.3 Å². The van der Waals surface area contributed by atoms with Crippen LogP contribution in [0.15, 0.2) is 23.2 Å². The number of nitrogens with one attached hydrogen (secondary N) is 2. The van der Waals surface area contributed by atoms with Crippen LogP contribution in [0.4, 0.5) is 4.39 Å². The summed E-state index contributed by atoms with van der Waals surface area (Å²) in [6.07, 6.45) is 0.847. The van der Waals surface area contributed by atoms with E-state index in [9.17, 15) is 4.39 Å². The topological polar surface area (TPSA) is 71.7 Å². The van der Waals surface area contributed by atoms with E-state index in [4.69, 9.17) is 22.2 Å². The van der Waals surface area contributed by atoms with Gasteiger partial charge in [-0.25, -0.2) is 15.2 Å². The Morgan fingerprint density at radius 1 is 1.53 bits per heavy atom. The predicted molar refractivity (Wildman–Crippen MR) is 74.4 cm³/mol. The summed E-state index contributed by atoms with van der Waals surface area (Å²) in [6.45, 7) is 1.72. The number of guanidine groups is 1. The first kappa shape index (κ1) is 15.7. The van der Waals surface area contributed by atoms with E-state index in [2.05, 4.69) is 15.7 Å². The van der Waals surface area contributed by atoms with Crippen LogP contribution in [0, 0.1) is 5.82 Å². The molecule has 0 atom stereocenters. The van der Waals surface area contributed by atoms with E-state index >= 15 is 0 Å². The minimum Gasteiger partial charge on any atom is -0.385 e. The van der Waals surface area contributed by atoms with Gasteiger partial charge in [-0.05, 0) is 24.1 Å². The molecule has 19 heavy (non-hydrogen) atoms. The van der Waals surface area contributed by atoms with Gasteiger partial charge in [0.05, 0.1) is 11.6 Å². The number of hydrogen-bond acceptors (Lipinski definition) is 3. The zero-order valence-corrected chi connectivity index (χ0v) is 11.5. The molecule has 0 radical (unpaired) electrons. The van der Waals surface area contributed by atoms with E-state index in [1.165, 1.54) is 6.07 Å². The lowest BCUT2D eigenvalue weighted by atomic mass is 10.2. The fraction of sp³-hybridized carbons (Fsp3) is 0.417. The van der Waals surface area contributed by atoms with Gasteiger partial charge in [-0.3, -0.25) is 5.43 Å². The van der Waals surface area contributed by atoms with Crippen molar-refractivity contribution in [3.05, 3.63) is 34.6 Å². The monoisotopic (exact) mass is 288 g/mol. The average molecular weight is 289 g/mol. The molecule has 0 aliphatic rings. The molecule has 0 spiro atoms. The molecule has 7 heteroatoms. The maximum Gasteiger partial charge on any atom is 0.206 e. The molecule has 106 valence electrons. The molecular weight excluding hydrogens is 271 g/mol. The Kier molecular flexibility index (Phi) is 7.17. The molecule has 0 unspecified atom stereocenters. The van der Waals surface area contributed by atoms with E-state index in [1.807, 2.05) is 0 Å². The summed E-state index contributed by atoms with van der Waals surface area (Å²) in [5.41, 5.74) is 3.27. The van der Waals surface area contributed by atoms with Crippen LogP contribution in [0.5, 0.6) is 0 Å². The number of ether oxygens (including phenoxy) is 1. The number of rotatable bonds is 6. The summed E-state index contributed by atoms with van der Waals surface area (Å²) in [5, 5.41) is 3.11. The van der Waals surface area contributed by atoms with E-state index in [-0.39, 0.29) is 5.02 Å². The van der Waals surface area contributed by atoms with Gasteiger partial charge >= 0.3 is 0 Å². The Morgan fingerprint density at radius 3 is 2.95 bits per heavy atom. The van der Waals surface area contributed by atoms with Gasteiger partial charge in [0.15, 0.2) is 0 Å². The summed E-state index contributed by atoms with van der Waals surface area (Å²) < 4.78 is 17.9. The van der Waals surface area contributed by atoms with Crippen molar-refractivity contribution in [2.24, 2.45) is 10.8 Å². The molecule has 0 aliphatic heterocycles. The van der Waals surface area contributed by atoms with Gasteiger partial charge in [0.25, 0.3) is 0 Å². The molecule has 0 amide bonds. The standard InChI is InChI=1S/C12H18ClFN4O/c1-19-6-2-5-16-12(18-15)17-8-9-3-4-11(14)10(13)7-9/h3-4,7H,2,5-6,8,15H2,1H3,(H2,16,17,18). The average Bonchev–Trinajstić information content (AvgIpc) is 2.42. The van der Waals surface area contributed by atoms with Gasteiger partial charge in [0.1, 0.15) is 5.82 Å². The van der Waals surface area contributed by atoms with Crippen molar-refractivity contribution < 1.29 is 9.13 Å². The van der Waals surface area contributed by atoms with Gasteiger partial charge < -0.3 is 10.1 Å². The number of methoxy groups -OCH3 is 1. The molecule has 0 heterocycles. The maximum atomic E-state index is 13.0. The van der Waals surface area contributed by atoms with Crippen molar-refractivity contribution in [2.75, 3.05) is 20.3 Å². The molecule has 0 saturated carbocycles. The number of halogens is 2. The van der Waals surface area contributed by atoms with Crippen molar-refractivity contribution in [1.82, 2.24) is 10.7 Å². The van der Waals surface area contributed by atoms with Crippen LogP contribution < -0.4 is 16.6 Å². The molecule has 0 saturated heterocycles. The van der Waals surface area contributed by atoms with Crippen molar-refractivity contribution in [3.8, 4) is 0 Å². The number of hydrogen-bond donors (Lipinski definition) is 3. The van der Waals surface area contributed by atoms with E-state index in [0.29, 0.717) is 25.7 Å². The van der Waals surface area contributed by atoms with E-state index in [0.717, 1.165) is 12.0 Å². The Labute approximate surface area is 117 Å². The Bertz CT molecular complexity index is 428. The summed E-state index contributed by atoms with van der Waals surface area (Å²) in [6, 6.07) is 4.48. The van der Waals surface area contributed by atoms with E-state index < -0.39 is 5.82 Å². The molecule has 0 bridgehead atoms. The van der Waals surface area contributed by atoms with Gasteiger partial charge in [0, 0.05) is 20.3 Å². The van der Waals surface area contributed by atoms with Gasteiger partial charge in [-0.15, -0.1) is 0 Å². The lowest BCUT2D eigenvalue weighted by molar-refractivity contribution is 0.195. The molecule has 4 N–H and O–H groups in total. The Morgan fingerprint density at radius 2 is 2.32 bits per heavy atom. The van der Waals surface area contributed by atoms with Crippen molar-refractivity contribution in [1.29, 1.82) is 0 Å². The first-order valence-electron chi connectivity index (χ1n) is 5.85. The van der Waals surface area contributed by atoms with Crippen molar-refractivity contribution in [3.63, 3.8) is 0 Å². The SMILES string of the molecule is COCCCNC(=NCc1ccc(F)c(Cl)c1)NN. The highest BCUT2D eigenvalue weighted by atomic mass is 35.5. The van der Waals surface area contributed by atoms with Crippen LogP contribution >= 0.6 is 11.6 Å². The van der Waals surface area contributed by atoms with Gasteiger partial charge in [-0.2, -0.15) is 0 Å². The van der Waals surface area contributed by atoms with E-state index in [1.54, 1.807) is 19.2 Å². The molecule has 0 aromatic heterocycles. The second-order valence-corrected chi connectivity index (χ2v) is 4.24. The third-order valence-electron chi connectivity index (χ3n) is 2.36. The van der Waals surface area contributed by atoms with Crippen LogP contribution in [0.3, 0.4) is 0 Å². The van der Waals surface area contributed by atoms with Gasteiger partial charge in [-0.1, -0.05) is 17.7 Å². The van der Waals surface area contributed by atoms with Crippen LogP contribution in [0.25, 0.3) is 0 Å². The lowest BCUT2D eigenvalue weighted by Crippen LogP contribution is -2.42. The highest BCUT2D eigenvalue weighted by Gasteiger charge is 2.01. The number of nitrogens with zero attached hydrogens (tertiary/aromatic N) is 1. The number of nitrogens with two attached hydrogens (primary N) is 1. The highest BCUT2D eigenvalue weighted by Crippen LogP contribution is 2.16. The quantitative estimate of drug-likeness (QED) is 0.243. The Hall–Kier alpha value is -1.37. The third-order valence-corrected chi connectivity index (χ3v) is 2.65. The summed E-state index contributed by atoms with van der Waals surface area (Å²) >= 11 is 5.69. The second kappa shape index (κ2) is 8.68. The first-order valence-corrected chi connectivity index (χ1v) is 6.23. The summed E-state index contributed by atoms with van der Waals surface area (Å²) in [7, 11) is 1.65. The molecule has 1 aromatic rings. The largest absolute Gasteiger partial charge is 0.385 e. The summed E-state index contributed by atoms with van der Waals surface area (Å²) in [4.78, 5) is 4.23. The number of benzene rings is 1. The predicted octanol–water partition coefficient (Wildman–Crippen LogP) is 1.42. The highest BCUT2D eigenvalue weighted by molar-refractivity contribution is 6.30. The Balaban J connectivity index is 2.49. The van der Waals surface area contributed by atoms with Crippen LogP contribution in [0.1, 0.15) is 12.0 Å². The van der Waals surface area contributed by atoms with Crippen molar-refractivity contribution >= 4 is 17.6 Å². The molecule has 1 rings (SSSR count). The molecular formula is C12H18ClFN4O. The fourth-order valence-corrected chi connectivity index (χ4v) is 1.59. The zero-order chi connectivity index (χ0) is 14.1. The maximum absolute atomic E-state index is 13.0. The third kappa shape index (κ3) is 5.87. The first-order chi connectivity index (χ1) is 9.17.